The second kappa shape index (κ2) is 14.5. The summed E-state index contributed by atoms with van der Waals surface area (Å²) in [5, 5.41) is 25.1. The van der Waals surface area contributed by atoms with Crippen LogP contribution in [0.1, 0.15) is 91.4 Å². The van der Waals surface area contributed by atoms with E-state index in [4.69, 9.17) is 23.4 Å². The van der Waals surface area contributed by atoms with Crippen LogP contribution in [0.5, 0.6) is 5.75 Å². The van der Waals surface area contributed by atoms with E-state index in [0.29, 0.717) is 31.0 Å². The molecule has 4 fully saturated rings. The van der Waals surface area contributed by atoms with Gasteiger partial charge in [-0.2, -0.15) is 0 Å². The smallest absolute Gasteiger partial charge is 0.455 e. The minimum absolute atomic E-state index is 0.0596. The summed E-state index contributed by atoms with van der Waals surface area (Å²) in [6.07, 6.45) is -11.1. The minimum Gasteiger partial charge on any atom is -0.455 e. The first-order chi connectivity index (χ1) is 26.0. The zero-order valence-corrected chi connectivity index (χ0v) is 34.1. The molecular weight excluding hydrogens is 758 g/mol. The Morgan fingerprint density at radius 3 is 2.21 bits per heavy atom. The van der Waals surface area contributed by atoms with Gasteiger partial charge >= 0.3 is 24.3 Å². The third-order valence-electron chi connectivity index (χ3n) is 13.7. The summed E-state index contributed by atoms with van der Waals surface area (Å²) in [5.41, 5.74) is -7.39. The van der Waals surface area contributed by atoms with Crippen molar-refractivity contribution < 1.29 is 70.7 Å². The lowest BCUT2D eigenvalue weighted by molar-refractivity contribution is -0.344. The molecule has 1 saturated heterocycles. The minimum atomic E-state index is -5.07. The van der Waals surface area contributed by atoms with Crippen LogP contribution in [-0.4, -0.2) is 96.9 Å². The molecule has 0 unspecified atom stereocenters. The largest absolute Gasteiger partial charge is 0.573 e. The summed E-state index contributed by atoms with van der Waals surface area (Å²) in [7, 11) is -2.62. The maximum absolute atomic E-state index is 15.9. The molecule has 2 bridgehead atoms. The highest BCUT2D eigenvalue weighted by molar-refractivity contribution is 6.73. The number of benzene rings is 1. The second-order valence-corrected chi connectivity index (χ2v) is 21.6. The number of rotatable bonds is 11. The van der Waals surface area contributed by atoms with Gasteiger partial charge in [-0.05, 0) is 74.2 Å². The molecule has 1 aromatic carbocycles. The molecule has 1 aromatic rings. The number of ether oxygens (including phenoxy) is 5. The molecule has 0 spiro atoms. The standard InChI is InChI=1S/C40H53F3O12Si/c1-9-56(10-2,11-3)55-27-18-28-38(20-50-28,53-22(5)44)31-33(52-35(48)24-13-12-14-25(17-24)54-40(41,42)43)39(49)19-26(45)21(4)29(36(39,6)7)30(32(46)37(27,31)8)51-34(47)23-15-16-23/h12-14,17,23,26-28,30-31,33,45,49H,9-11,15-16,18-20H2,1-8H3/t26-,27-,28+,30+,31-,33-,37+,38-,39+/m0/s1. The third kappa shape index (κ3) is 6.80. The Kier molecular flexibility index (Phi) is 11.0. The number of hydrogen-bond acceptors (Lipinski definition) is 12. The number of carbonyl (C=O) groups is 4. The normalized spacial score (nSPS) is 35.2. The lowest BCUT2D eigenvalue weighted by Gasteiger charge is -2.68. The van der Waals surface area contributed by atoms with Crippen molar-refractivity contribution in [1.82, 2.24) is 0 Å². The first-order valence-electron chi connectivity index (χ1n) is 19.5. The zero-order valence-electron chi connectivity index (χ0n) is 33.1. The molecule has 6 rings (SSSR count). The first kappa shape index (κ1) is 42.3. The summed E-state index contributed by atoms with van der Waals surface area (Å²) in [5.74, 6) is -5.79. The van der Waals surface area contributed by atoms with Crippen LogP contribution in [-0.2, 0) is 37.8 Å². The number of aliphatic hydroxyl groups excluding tert-OH is 1. The number of fused-ring (bicyclic) bond motifs is 5. The van der Waals surface area contributed by atoms with E-state index in [1.807, 2.05) is 20.8 Å². The summed E-state index contributed by atoms with van der Waals surface area (Å²) in [4.78, 5) is 57.0. The summed E-state index contributed by atoms with van der Waals surface area (Å²) in [6.45, 7) is 13.3. The predicted octanol–water partition coefficient (Wildman–Crippen LogP) is 5.97. The highest BCUT2D eigenvalue weighted by atomic mass is 28.4. The van der Waals surface area contributed by atoms with Crippen molar-refractivity contribution in [2.45, 2.75) is 147 Å². The SMILES string of the molecule is CC[Si](CC)(CC)O[C@H]1C[C@H]2OC[C@@]2(OC(C)=O)[C@H]2[C@H](OC(=O)c3cccc(OC(F)(F)F)c3)[C@]3(O)C[C@H](O)C(C)=C([C@@H](OC(=O)C4CC4)C(=O)[C@]12C)C3(C)C. The number of ketones is 1. The van der Waals surface area contributed by atoms with Gasteiger partial charge in [0.05, 0.1) is 41.6 Å². The molecule has 12 nitrogen and oxygen atoms in total. The molecule has 9 atom stereocenters. The van der Waals surface area contributed by atoms with Crippen LogP contribution in [0.15, 0.2) is 35.4 Å². The Morgan fingerprint density at radius 1 is 1.04 bits per heavy atom. The van der Waals surface area contributed by atoms with Gasteiger partial charge in [-0.15, -0.1) is 13.2 Å². The number of esters is 3. The summed E-state index contributed by atoms with van der Waals surface area (Å²) < 4.78 is 75.8. The number of halogens is 3. The molecule has 16 heteroatoms. The van der Waals surface area contributed by atoms with Crippen molar-refractivity contribution in [2.24, 2.45) is 22.7 Å². The van der Waals surface area contributed by atoms with Gasteiger partial charge < -0.3 is 38.3 Å². The van der Waals surface area contributed by atoms with Crippen LogP contribution in [0.25, 0.3) is 0 Å². The van der Waals surface area contributed by atoms with Crippen LogP contribution in [0.2, 0.25) is 18.1 Å². The number of hydrogen-bond donors (Lipinski definition) is 2. The van der Waals surface area contributed by atoms with Crippen LogP contribution in [0, 0.1) is 22.7 Å². The molecule has 4 aliphatic carbocycles. The highest BCUT2D eigenvalue weighted by Gasteiger charge is 2.79. The van der Waals surface area contributed by atoms with Crippen LogP contribution in [0.3, 0.4) is 0 Å². The van der Waals surface area contributed by atoms with E-state index in [0.717, 1.165) is 12.1 Å². The molecule has 0 amide bonds. The van der Waals surface area contributed by atoms with Crippen molar-refractivity contribution in [3.05, 3.63) is 41.0 Å². The molecule has 310 valence electrons. The fourth-order valence-corrected chi connectivity index (χ4v) is 12.9. The Hall–Kier alpha value is -3.31. The molecule has 5 aliphatic rings. The van der Waals surface area contributed by atoms with E-state index >= 15 is 4.79 Å². The van der Waals surface area contributed by atoms with E-state index in [1.165, 1.54) is 19.1 Å². The van der Waals surface area contributed by atoms with E-state index in [2.05, 4.69) is 4.74 Å². The second-order valence-electron chi connectivity index (χ2n) is 16.9. The number of Topliss-reactive ketones (excluding diaryl/α,β-unsaturated/α-hetero) is 1. The molecule has 0 aromatic heterocycles. The average Bonchev–Trinajstić information content (AvgIpc) is 3.97. The van der Waals surface area contributed by atoms with Crippen LogP contribution < -0.4 is 4.74 Å². The third-order valence-corrected chi connectivity index (χ3v) is 18.3. The van der Waals surface area contributed by atoms with Crippen molar-refractivity contribution in [2.75, 3.05) is 6.61 Å². The van der Waals surface area contributed by atoms with E-state index in [-0.39, 0.29) is 29.7 Å². The fraction of sp³-hybridized carbons (Fsp3) is 0.700. The maximum atomic E-state index is 15.9. The summed E-state index contributed by atoms with van der Waals surface area (Å²) >= 11 is 0. The summed E-state index contributed by atoms with van der Waals surface area (Å²) in [6, 6.07) is 6.25. The van der Waals surface area contributed by atoms with Crippen LogP contribution >= 0.6 is 0 Å². The van der Waals surface area contributed by atoms with Crippen molar-refractivity contribution in [1.29, 1.82) is 0 Å². The van der Waals surface area contributed by atoms with Gasteiger partial charge in [-0.25, -0.2) is 4.79 Å². The number of aliphatic hydroxyl groups is 2. The van der Waals surface area contributed by atoms with E-state index < -0.39 is 115 Å². The van der Waals surface area contributed by atoms with Crippen molar-refractivity contribution >= 4 is 32.0 Å². The molecule has 0 radical (unpaired) electrons. The molecular formula is C40H53F3O12Si. The van der Waals surface area contributed by atoms with Crippen molar-refractivity contribution in [3.63, 3.8) is 0 Å². The lowest BCUT2D eigenvalue weighted by atomic mass is 9.44. The van der Waals surface area contributed by atoms with Gasteiger partial charge in [-0.3, -0.25) is 14.4 Å². The Labute approximate surface area is 325 Å². The van der Waals surface area contributed by atoms with Crippen molar-refractivity contribution in [3.8, 4) is 5.75 Å². The maximum Gasteiger partial charge on any atom is 0.573 e. The molecule has 1 heterocycles. The molecule has 2 N–H and O–H groups in total. The average molecular weight is 811 g/mol. The van der Waals surface area contributed by atoms with Gasteiger partial charge in [0.2, 0.25) is 0 Å². The molecule has 56 heavy (non-hydrogen) atoms. The van der Waals surface area contributed by atoms with Gasteiger partial charge in [0.25, 0.3) is 0 Å². The lowest BCUT2D eigenvalue weighted by Crippen LogP contribution is -2.82. The zero-order chi connectivity index (χ0) is 41.4. The Bertz CT molecular complexity index is 1780. The first-order valence-corrected chi connectivity index (χ1v) is 22.0. The predicted molar refractivity (Wildman–Crippen MR) is 195 cm³/mol. The van der Waals surface area contributed by atoms with Crippen LogP contribution in [0.4, 0.5) is 13.2 Å². The van der Waals surface area contributed by atoms with E-state index in [9.17, 15) is 37.8 Å². The number of alkyl halides is 3. The molecule has 1 aliphatic heterocycles. The van der Waals surface area contributed by atoms with Gasteiger partial charge in [0.1, 0.15) is 23.6 Å². The fourth-order valence-electron chi connectivity index (χ4n) is 9.97. The Balaban J connectivity index is 1.64. The van der Waals surface area contributed by atoms with E-state index in [1.54, 1.807) is 27.7 Å². The molecule has 3 saturated carbocycles. The Morgan fingerprint density at radius 2 is 1.68 bits per heavy atom. The number of carbonyl (C=O) groups excluding carboxylic acids is 4. The quantitative estimate of drug-likeness (QED) is 0.117. The van der Waals surface area contributed by atoms with Gasteiger partial charge in [0.15, 0.2) is 25.8 Å². The topological polar surface area (TPSA) is 164 Å². The van der Waals surface area contributed by atoms with Gasteiger partial charge in [-0.1, -0.05) is 40.7 Å². The van der Waals surface area contributed by atoms with Gasteiger partial charge in [0, 0.05) is 25.2 Å². The highest BCUT2D eigenvalue weighted by Crippen LogP contribution is 2.65. The monoisotopic (exact) mass is 810 g/mol.